The molecular weight excluding hydrogens is 480 g/mol. The van der Waals surface area contributed by atoms with E-state index in [1.807, 2.05) is 61.5 Å². The lowest BCUT2D eigenvalue weighted by Gasteiger charge is -2.11. The zero-order valence-electron chi connectivity index (χ0n) is 20.6. The predicted molar refractivity (Wildman–Crippen MR) is 147 cm³/mol. The molecule has 0 unspecified atom stereocenters. The van der Waals surface area contributed by atoms with Crippen LogP contribution in [-0.2, 0) is 0 Å². The summed E-state index contributed by atoms with van der Waals surface area (Å²) in [5.74, 6) is 0.825. The number of rotatable bonds is 5. The number of benzene rings is 4. The van der Waals surface area contributed by atoms with E-state index in [1.54, 1.807) is 43.5 Å². The Balaban J connectivity index is 1.30. The van der Waals surface area contributed by atoms with Crippen molar-refractivity contribution in [1.82, 2.24) is 4.98 Å². The highest BCUT2D eigenvalue weighted by molar-refractivity contribution is 6.05. The smallest absolute Gasteiger partial charge is 0.344 e. The standard InChI is InChI=1S/C31H22N2O5/c1-18-10-11-22(30-33-26-17-23(36-2)12-13-28(26)37-30)16-25(18)32-29(34)21-8-5-7-19(14-21)24-15-20-6-3-4-9-27(20)38-31(24)35/h3-17H,1-2H3,(H,32,34). The van der Waals surface area contributed by atoms with Crippen LogP contribution < -0.4 is 15.7 Å². The molecule has 0 fully saturated rings. The van der Waals surface area contributed by atoms with Gasteiger partial charge in [0, 0.05) is 28.3 Å². The third-order valence-electron chi connectivity index (χ3n) is 6.40. The minimum absolute atomic E-state index is 0.306. The van der Waals surface area contributed by atoms with Crippen LogP contribution in [0.15, 0.2) is 105 Å². The van der Waals surface area contributed by atoms with Crippen LogP contribution in [0.2, 0.25) is 0 Å². The summed E-state index contributed by atoms with van der Waals surface area (Å²) >= 11 is 0. The lowest BCUT2D eigenvalue weighted by Crippen LogP contribution is -2.13. The van der Waals surface area contributed by atoms with E-state index >= 15 is 0 Å². The number of anilines is 1. The molecule has 0 aliphatic carbocycles. The Morgan fingerprint density at radius 1 is 0.842 bits per heavy atom. The van der Waals surface area contributed by atoms with Crippen molar-refractivity contribution in [3.05, 3.63) is 113 Å². The molecule has 0 aliphatic rings. The second kappa shape index (κ2) is 9.37. The van der Waals surface area contributed by atoms with Gasteiger partial charge >= 0.3 is 5.63 Å². The molecule has 0 bridgehead atoms. The first-order valence-electron chi connectivity index (χ1n) is 12.0. The van der Waals surface area contributed by atoms with E-state index in [-0.39, 0.29) is 5.91 Å². The Hall–Kier alpha value is -5.17. The summed E-state index contributed by atoms with van der Waals surface area (Å²) in [5.41, 5.74) is 5.02. The van der Waals surface area contributed by atoms with Crippen LogP contribution in [0.3, 0.4) is 0 Å². The Morgan fingerprint density at radius 3 is 2.58 bits per heavy atom. The Bertz CT molecular complexity index is 1900. The largest absolute Gasteiger partial charge is 0.497 e. The highest BCUT2D eigenvalue weighted by Gasteiger charge is 2.15. The molecule has 1 N–H and O–H groups in total. The van der Waals surface area contributed by atoms with Gasteiger partial charge < -0.3 is 18.9 Å². The molecule has 2 heterocycles. The zero-order valence-corrected chi connectivity index (χ0v) is 20.6. The van der Waals surface area contributed by atoms with E-state index in [1.165, 1.54) is 0 Å². The first-order chi connectivity index (χ1) is 18.5. The maximum atomic E-state index is 13.2. The highest BCUT2D eigenvalue weighted by atomic mass is 16.5. The number of para-hydroxylation sites is 1. The lowest BCUT2D eigenvalue weighted by molar-refractivity contribution is 0.102. The monoisotopic (exact) mass is 502 g/mol. The van der Waals surface area contributed by atoms with E-state index in [4.69, 9.17) is 13.6 Å². The number of nitrogens with zero attached hydrogens (tertiary/aromatic N) is 1. The van der Waals surface area contributed by atoms with E-state index in [0.717, 1.165) is 16.5 Å². The quantitative estimate of drug-likeness (QED) is 0.260. The van der Waals surface area contributed by atoms with Gasteiger partial charge in [-0.15, -0.1) is 0 Å². The average molecular weight is 503 g/mol. The van der Waals surface area contributed by atoms with Crippen molar-refractivity contribution in [1.29, 1.82) is 0 Å². The number of carbonyl (C=O) groups excluding carboxylic acids is 1. The van der Waals surface area contributed by atoms with Gasteiger partial charge in [-0.3, -0.25) is 4.79 Å². The number of fused-ring (bicyclic) bond motifs is 2. The second-order valence-corrected chi connectivity index (χ2v) is 8.90. The molecule has 186 valence electrons. The third kappa shape index (κ3) is 4.30. The maximum absolute atomic E-state index is 13.2. The lowest BCUT2D eigenvalue weighted by atomic mass is 10.0. The fourth-order valence-electron chi connectivity index (χ4n) is 4.33. The summed E-state index contributed by atoms with van der Waals surface area (Å²) in [5, 5.41) is 3.79. The maximum Gasteiger partial charge on any atom is 0.344 e. The van der Waals surface area contributed by atoms with Crippen molar-refractivity contribution in [3.63, 3.8) is 0 Å². The molecule has 0 radical (unpaired) electrons. The molecule has 0 spiro atoms. The van der Waals surface area contributed by atoms with Crippen LogP contribution in [0.4, 0.5) is 5.69 Å². The van der Waals surface area contributed by atoms with Gasteiger partial charge in [0.1, 0.15) is 16.8 Å². The number of hydrogen-bond donors (Lipinski definition) is 1. The first kappa shape index (κ1) is 23.2. The van der Waals surface area contributed by atoms with Crippen LogP contribution in [0.1, 0.15) is 15.9 Å². The number of aryl methyl sites for hydroxylation is 1. The van der Waals surface area contributed by atoms with Crippen LogP contribution >= 0.6 is 0 Å². The summed E-state index contributed by atoms with van der Waals surface area (Å²) in [6.45, 7) is 1.91. The van der Waals surface area contributed by atoms with Gasteiger partial charge in [-0.1, -0.05) is 36.4 Å². The molecule has 0 saturated carbocycles. The summed E-state index contributed by atoms with van der Waals surface area (Å²) in [4.78, 5) is 30.5. The van der Waals surface area contributed by atoms with Gasteiger partial charge in [0.05, 0.1) is 12.7 Å². The van der Waals surface area contributed by atoms with Crippen molar-refractivity contribution >= 4 is 33.7 Å². The van der Waals surface area contributed by atoms with Crippen LogP contribution in [-0.4, -0.2) is 18.0 Å². The molecule has 6 aromatic rings. The van der Waals surface area contributed by atoms with E-state index in [0.29, 0.717) is 50.7 Å². The fourth-order valence-corrected chi connectivity index (χ4v) is 4.33. The molecule has 2 aromatic heterocycles. The molecule has 4 aromatic carbocycles. The van der Waals surface area contributed by atoms with Crippen molar-refractivity contribution < 1.29 is 18.4 Å². The zero-order chi connectivity index (χ0) is 26.2. The minimum atomic E-state index is -0.458. The van der Waals surface area contributed by atoms with Gasteiger partial charge in [0.15, 0.2) is 5.58 Å². The Morgan fingerprint density at radius 2 is 1.71 bits per heavy atom. The SMILES string of the molecule is COc1ccc2oc(-c3ccc(C)c(NC(=O)c4cccc(-c5cc6ccccc6oc5=O)c4)c3)nc2c1. The molecule has 0 saturated heterocycles. The minimum Gasteiger partial charge on any atom is -0.497 e. The summed E-state index contributed by atoms with van der Waals surface area (Å²) < 4.78 is 16.7. The molecule has 0 atom stereocenters. The molecule has 7 heteroatoms. The van der Waals surface area contributed by atoms with E-state index < -0.39 is 5.63 Å². The van der Waals surface area contributed by atoms with Gasteiger partial charge in [0.2, 0.25) is 5.89 Å². The van der Waals surface area contributed by atoms with Crippen molar-refractivity contribution in [2.24, 2.45) is 0 Å². The third-order valence-corrected chi connectivity index (χ3v) is 6.40. The number of amides is 1. The summed E-state index contributed by atoms with van der Waals surface area (Å²) in [6, 6.07) is 27.1. The predicted octanol–water partition coefficient (Wildman–Crippen LogP) is 6.84. The Kier molecular flexibility index (Phi) is 5.73. The average Bonchev–Trinajstić information content (AvgIpc) is 3.37. The van der Waals surface area contributed by atoms with Gasteiger partial charge in [-0.25, -0.2) is 9.78 Å². The van der Waals surface area contributed by atoms with E-state index in [2.05, 4.69) is 10.3 Å². The molecule has 7 nitrogen and oxygen atoms in total. The van der Waals surface area contributed by atoms with Crippen LogP contribution in [0.25, 0.3) is 44.7 Å². The van der Waals surface area contributed by atoms with Crippen LogP contribution in [0, 0.1) is 6.92 Å². The molecular formula is C31H22N2O5. The van der Waals surface area contributed by atoms with Crippen molar-refractivity contribution in [2.45, 2.75) is 6.92 Å². The van der Waals surface area contributed by atoms with Crippen LogP contribution in [0.5, 0.6) is 5.75 Å². The molecule has 38 heavy (non-hydrogen) atoms. The fraction of sp³-hybridized carbons (Fsp3) is 0.0645. The van der Waals surface area contributed by atoms with Crippen molar-refractivity contribution in [3.8, 4) is 28.3 Å². The Labute approximate surface area is 217 Å². The topological polar surface area (TPSA) is 94.6 Å². The molecule has 1 amide bonds. The normalized spacial score (nSPS) is 11.1. The van der Waals surface area contributed by atoms with Gasteiger partial charge in [0.25, 0.3) is 5.91 Å². The van der Waals surface area contributed by atoms with Crippen molar-refractivity contribution in [2.75, 3.05) is 12.4 Å². The number of aromatic nitrogens is 1. The number of hydrogen-bond acceptors (Lipinski definition) is 6. The number of oxazole rings is 1. The molecule has 6 rings (SSSR count). The highest BCUT2D eigenvalue weighted by Crippen LogP contribution is 2.30. The van der Waals surface area contributed by atoms with E-state index in [9.17, 15) is 9.59 Å². The number of carbonyl (C=O) groups is 1. The molecule has 0 aliphatic heterocycles. The number of ether oxygens (including phenoxy) is 1. The van der Waals surface area contributed by atoms with Gasteiger partial charge in [-0.05, 0) is 66.6 Å². The summed E-state index contributed by atoms with van der Waals surface area (Å²) in [7, 11) is 1.60. The number of nitrogens with one attached hydrogen (secondary N) is 1. The summed E-state index contributed by atoms with van der Waals surface area (Å²) in [6.07, 6.45) is 0. The second-order valence-electron chi connectivity index (χ2n) is 8.90. The first-order valence-corrected chi connectivity index (χ1v) is 12.0. The number of methoxy groups -OCH3 is 1. The van der Waals surface area contributed by atoms with Gasteiger partial charge in [-0.2, -0.15) is 0 Å².